The highest BCUT2D eigenvalue weighted by molar-refractivity contribution is 6.30. The molecule has 1 aliphatic heterocycles. The lowest BCUT2D eigenvalue weighted by Gasteiger charge is -2.21. The highest BCUT2D eigenvalue weighted by Gasteiger charge is 2.34. The molecule has 3 rings (SSSR count). The topological polar surface area (TPSA) is 77.4 Å². The Hall–Kier alpha value is -3.06. The van der Waals surface area contributed by atoms with E-state index in [1.165, 1.54) is 18.9 Å². The number of halogens is 1. The number of hydrogen-bond acceptors (Lipinski definition) is 6. The summed E-state index contributed by atoms with van der Waals surface area (Å²) in [6.07, 6.45) is -0.845. The predicted molar refractivity (Wildman–Crippen MR) is 98.5 cm³/mol. The van der Waals surface area contributed by atoms with Gasteiger partial charge in [-0.3, -0.25) is 9.59 Å². The quantitative estimate of drug-likeness (QED) is 0.578. The van der Waals surface area contributed by atoms with Gasteiger partial charge in [0.15, 0.2) is 6.61 Å². The first-order valence-corrected chi connectivity index (χ1v) is 8.51. The van der Waals surface area contributed by atoms with Gasteiger partial charge in [-0.05, 0) is 36.4 Å². The molecule has 1 aliphatic rings. The molecule has 0 saturated heterocycles. The van der Waals surface area contributed by atoms with Crippen LogP contribution in [-0.4, -0.2) is 29.4 Å². The van der Waals surface area contributed by atoms with Gasteiger partial charge in [0.1, 0.15) is 11.5 Å². The number of benzene rings is 2. The summed E-state index contributed by atoms with van der Waals surface area (Å²) in [6.45, 7) is 2.70. The van der Waals surface area contributed by atoms with Crippen molar-refractivity contribution in [1.82, 2.24) is 5.01 Å². The van der Waals surface area contributed by atoms with Crippen molar-refractivity contribution in [2.75, 3.05) is 6.61 Å². The molecule has 0 aromatic heterocycles. The van der Waals surface area contributed by atoms with Crippen LogP contribution in [0.25, 0.3) is 0 Å². The molecule has 1 unspecified atom stereocenters. The second-order valence-corrected chi connectivity index (χ2v) is 6.14. The number of ether oxygens (including phenoxy) is 3. The Kier molecular flexibility index (Phi) is 5.61. The highest BCUT2D eigenvalue weighted by Crippen LogP contribution is 2.34. The summed E-state index contributed by atoms with van der Waals surface area (Å²) in [5.74, 6) is 0.323. The van der Waals surface area contributed by atoms with Crippen LogP contribution < -0.4 is 9.47 Å². The molecule has 27 heavy (non-hydrogen) atoms. The van der Waals surface area contributed by atoms with Gasteiger partial charge in [0, 0.05) is 18.9 Å². The molecule has 1 amide bonds. The van der Waals surface area contributed by atoms with Gasteiger partial charge in [0.2, 0.25) is 18.0 Å². The molecule has 0 radical (unpaired) electrons. The molecule has 1 heterocycles. The Labute approximate surface area is 161 Å². The van der Waals surface area contributed by atoms with E-state index in [1.807, 2.05) is 0 Å². The number of para-hydroxylation sites is 1. The van der Waals surface area contributed by atoms with Crippen LogP contribution in [0.2, 0.25) is 5.02 Å². The maximum atomic E-state index is 12.0. The van der Waals surface area contributed by atoms with Crippen LogP contribution in [0.4, 0.5) is 0 Å². The molecule has 0 bridgehead atoms. The first-order chi connectivity index (χ1) is 12.9. The summed E-state index contributed by atoms with van der Waals surface area (Å²) in [4.78, 5) is 23.3. The van der Waals surface area contributed by atoms with Gasteiger partial charge < -0.3 is 14.2 Å². The van der Waals surface area contributed by atoms with Gasteiger partial charge >= 0.3 is 5.97 Å². The molecule has 1 atom stereocenters. The van der Waals surface area contributed by atoms with E-state index in [0.717, 1.165) is 0 Å². The average molecular weight is 389 g/mol. The average Bonchev–Trinajstić information content (AvgIpc) is 3.06. The molecule has 140 valence electrons. The second kappa shape index (κ2) is 8.09. The SMILES string of the molecule is CC(=O)Oc1ccccc1C1OC(COc2ccc(Cl)cc2)=NN1C(C)=O. The third-order valence-electron chi connectivity index (χ3n) is 3.63. The van der Waals surface area contributed by atoms with Crippen molar-refractivity contribution in [3.63, 3.8) is 0 Å². The summed E-state index contributed by atoms with van der Waals surface area (Å²) in [7, 11) is 0. The van der Waals surface area contributed by atoms with Crippen molar-refractivity contribution < 1.29 is 23.8 Å². The van der Waals surface area contributed by atoms with Crippen molar-refractivity contribution in [3.05, 3.63) is 59.1 Å². The number of hydrogen-bond donors (Lipinski definition) is 0. The second-order valence-electron chi connectivity index (χ2n) is 5.70. The number of nitrogens with zero attached hydrogens (tertiary/aromatic N) is 2. The summed E-state index contributed by atoms with van der Waals surface area (Å²) in [5.41, 5.74) is 0.508. The van der Waals surface area contributed by atoms with Crippen molar-refractivity contribution in [1.29, 1.82) is 0 Å². The Morgan fingerprint density at radius 3 is 2.52 bits per heavy atom. The zero-order valence-corrected chi connectivity index (χ0v) is 15.5. The van der Waals surface area contributed by atoms with Crippen LogP contribution in [0.15, 0.2) is 53.6 Å². The van der Waals surface area contributed by atoms with E-state index in [0.29, 0.717) is 22.1 Å². The molecule has 0 fully saturated rings. The largest absolute Gasteiger partial charge is 0.484 e. The van der Waals surface area contributed by atoms with Crippen LogP contribution >= 0.6 is 11.6 Å². The maximum Gasteiger partial charge on any atom is 0.308 e. The van der Waals surface area contributed by atoms with Crippen molar-refractivity contribution in [3.8, 4) is 11.5 Å². The molecule has 0 saturated carbocycles. The lowest BCUT2D eigenvalue weighted by molar-refractivity contribution is -0.135. The summed E-state index contributed by atoms with van der Waals surface area (Å²) in [5, 5.41) is 5.97. The fourth-order valence-electron chi connectivity index (χ4n) is 2.48. The Bertz CT molecular complexity index is 882. The van der Waals surface area contributed by atoms with E-state index >= 15 is 0 Å². The minimum atomic E-state index is -0.845. The lowest BCUT2D eigenvalue weighted by Crippen LogP contribution is -2.26. The molecular formula is C19H17ClN2O5. The number of rotatable bonds is 5. The van der Waals surface area contributed by atoms with Crippen LogP contribution in [0.3, 0.4) is 0 Å². The third-order valence-corrected chi connectivity index (χ3v) is 3.88. The van der Waals surface area contributed by atoms with E-state index < -0.39 is 12.2 Å². The monoisotopic (exact) mass is 388 g/mol. The minimum Gasteiger partial charge on any atom is -0.484 e. The first kappa shape index (κ1) is 18.7. The number of amides is 1. The Balaban J connectivity index is 1.77. The van der Waals surface area contributed by atoms with Crippen molar-refractivity contribution in [2.45, 2.75) is 20.1 Å². The molecule has 2 aromatic rings. The van der Waals surface area contributed by atoms with E-state index in [9.17, 15) is 9.59 Å². The van der Waals surface area contributed by atoms with Crippen molar-refractivity contribution in [2.24, 2.45) is 5.10 Å². The van der Waals surface area contributed by atoms with Gasteiger partial charge in [-0.25, -0.2) is 0 Å². The summed E-state index contributed by atoms with van der Waals surface area (Å²) < 4.78 is 16.6. The zero-order chi connectivity index (χ0) is 19.4. The van der Waals surface area contributed by atoms with Crippen LogP contribution in [0.1, 0.15) is 25.6 Å². The van der Waals surface area contributed by atoms with Gasteiger partial charge in [-0.2, -0.15) is 5.01 Å². The lowest BCUT2D eigenvalue weighted by atomic mass is 10.1. The standard InChI is InChI=1S/C19H17ClN2O5/c1-12(23)22-19(16-5-3-4-6-17(16)26-13(2)24)27-18(21-22)11-25-15-9-7-14(20)8-10-15/h3-10,19H,11H2,1-2H3. The molecular weight excluding hydrogens is 372 g/mol. The summed E-state index contributed by atoms with van der Waals surface area (Å²) in [6, 6.07) is 13.6. The van der Waals surface area contributed by atoms with Gasteiger partial charge in [-0.15, -0.1) is 5.10 Å². The first-order valence-electron chi connectivity index (χ1n) is 8.13. The number of carbonyl (C=O) groups excluding carboxylic acids is 2. The van der Waals surface area contributed by atoms with Gasteiger partial charge in [0.25, 0.3) is 0 Å². The van der Waals surface area contributed by atoms with E-state index in [4.69, 9.17) is 25.8 Å². The van der Waals surface area contributed by atoms with Gasteiger partial charge in [0.05, 0.1) is 5.56 Å². The fourth-order valence-corrected chi connectivity index (χ4v) is 2.60. The van der Waals surface area contributed by atoms with E-state index in [-0.39, 0.29) is 18.4 Å². The molecule has 0 N–H and O–H groups in total. The summed E-state index contributed by atoms with van der Waals surface area (Å²) >= 11 is 5.85. The maximum absolute atomic E-state index is 12.0. The van der Waals surface area contributed by atoms with Crippen LogP contribution in [0, 0.1) is 0 Å². The minimum absolute atomic E-state index is 0.0254. The smallest absolute Gasteiger partial charge is 0.308 e. The van der Waals surface area contributed by atoms with Crippen molar-refractivity contribution >= 4 is 29.4 Å². The number of esters is 1. The molecule has 0 aliphatic carbocycles. The van der Waals surface area contributed by atoms with Crippen LogP contribution in [0.5, 0.6) is 11.5 Å². The number of hydrazone groups is 1. The van der Waals surface area contributed by atoms with E-state index in [2.05, 4.69) is 5.10 Å². The predicted octanol–water partition coefficient (Wildman–Crippen LogP) is 3.54. The molecule has 2 aromatic carbocycles. The third kappa shape index (κ3) is 4.57. The fraction of sp³-hybridized carbons (Fsp3) is 0.211. The normalized spacial score (nSPS) is 15.7. The van der Waals surface area contributed by atoms with Crippen LogP contribution in [-0.2, 0) is 14.3 Å². The molecule has 7 nitrogen and oxygen atoms in total. The molecule has 0 spiro atoms. The highest BCUT2D eigenvalue weighted by atomic mass is 35.5. The van der Waals surface area contributed by atoms with E-state index in [1.54, 1.807) is 48.5 Å². The Morgan fingerprint density at radius 1 is 1.15 bits per heavy atom. The number of carbonyl (C=O) groups is 2. The molecule has 8 heteroatoms. The Morgan fingerprint density at radius 2 is 1.85 bits per heavy atom. The zero-order valence-electron chi connectivity index (χ0n) is 14.7. The van der Waals surface area contributed by atoms with Gasteiger partial charge in [-0.1, -0.05) is 23.7 Å².